The Kier molecular flexibility index (Phi) is 3.50. The van der Waals surface area contributed by atoms with Crippen molar-refractivity contribution in [3.8, 4) is 0 Å². The van der Waals surface area contributed by atoms with E-state index in [0.717, 1.165) is 38.0 Å². The largest absolute Gasteiger partial charge is 0.375 e. The van der Waals surface area contributed by atoms with Gasteiger partial charge in [-0.3, -0.25) is 9.78 Å². The van der Waals surface area contributed by atoms with Crippen LogP contribution in [0.2, 0.25) is 0 Å². The van der Waals surface area contributed by atoms with Crippen molar-refractivity contribution in [3.63, 3.8) is 0 Å². The van der Waals surface area contributed by atoms with Gasteiger partial charge in [0, 0.05) is 18.8 Å². The number of carbonyl (C=O) groups excluding carboxylic acids is 1. The molecule has 2 heterocycles. The van der Waals surface area contributed by atoms with Gasteiger partial charge in [0.15, 0.2) is 0 Å². The lowest BCUT2D eigenvalue weighted by molar-refractivity contribution is -0.125. The minimum Gasteiger partial charge on any atom is -0.375 e. The van der Waals surface area contributed by atoms with E-state index in [1.54, 1.807) is 6.20 Å². The third kappa shape index (κ3) is 2.70. The summed E-state index contributed by atoms with van der Waals surface area (Å²) in [5, 5.41) is 3.20. The van der Waals surface area contributed by atoms with E-state index in [1.807, 2.05) is 6.07 Å². The molecule has 1 aromatic heterocycles. The highest BCUT2D eigenvalue weighted by molar-refractivity contribution is 5.84. The van der Waals surface area contributed by atoms with E-state index in [4.69, 9.17) is 4.74 Å². The Hall–Kier alpha value is -1.42. The first-order valence-electron chi connectivity index (χ1n) is 7.43. The smallest absolute Gasteiger partial charge is 0.229 e. The van der Waals surface area contributed by atoms with Gasteiger partial charge in [-0.15, -0.1) is 0 Å². The summed E-state index contributed by atoms with van der Waals surface area (Å²) in [7, 11) is 0. The van der Waals surface area contributed by atoms with Crippen molar-refractivity contribution in [3.05, 3.63) is 29.6 Å². The molecule has 1 aromatic rings. The lowest BCUT2D eigenvalue weighted by Crippen LogP contribution is -2.46. The summed E-state index contributed by atoms with van der Waals surface area (Å²) >= 11 is 0. The molecule has 0 spiro atoms. The number of hydrogen-bond donors (Lipinski definition) is 1. The standard InChI is InChI=1S/C16H22N2O2/c1-16(2)10-12(7-9-20-16)18-15(19)13-6-5-11-4-3-8-17-14(11)13/h3-4,8,12-13H,5-7,9-10H2,1-2H3,(H,18,19)/t12-,13+/m1/s1. The molecule has 1 aliphatic heterocycles. The molecule has 0 saturated carbocycles. The zero-order chi connectivity index (χ0) is 14.2. The number of pyridine rings is 1. The van der Waals surface area contributed by atoms with Crippen LogP contribution in [0.4, 0.5) is 0 Å². The molecule has 2 atom stereocenters. The maximum absolute atomic E-state index is 12.5. The topological polar surface area (TPSA) is 51.2 Å². The van der Waals surface area contributed by atoms with Gasteiger partial charge in [0.05, 0.1) is 17.2 Å². The summed E-state index contributed by atoms with van der Waals surface area (Å²) in [6.07, 6.45) is 5.39. The van der Waals surface area contributed by atoms with Crippen LogP contribution in [0.5, 0.6) is 0 Å². The first kappa shape index (κ1) is 13.6. The highest BCUT2D eigenvalue weighted by Gasteiger charge is 2.34. The Bertz CT molecular complexity index is 513. The van der Waals surface area contributed by atoms with Crippen LogP contribution < -0.4 is 5.32 Å². The minimum absolute atomic E-state index is 0.0721. The van der Waals surface area contributed by atoms with Gasteiger partial charge < -0.3 is 10.1 Å². The molecule has 1 aliphatic carbocycles. The maximum atomic E-state index is 12.5. The van der Waals surface area contributed by atoms with Crippen molar-refractivity contribution in [1.29, 1.82) is 0 Å². The lowest BCUT2D eigenvalue weighted by atomic mass is 9.93. The van der Waals surface area contributed by atoms with Crippen molar-refractivity contribution in [2.45, 2.75) is 57.1 Å². The van der Waals surface area contributed by atoms with E-state index < -0.39 is 0 Å². The van der Waals surface area contributed by atoms with E-state index in [1.165, 1.54) is 5.56 Å². The second-order valence-electron chi connectivity index (χ2n) is 6.45. The Morgan fingerprint density at radius 3 is 3.10 bits per heavy atom. The number of carbonyl (C=O) groups is 1. The zero-order valence-corrected chi connectivity index (χ0v) is 12.2. The Morgan fingerprint density at radius 2 is 2.30 bits per heavy atom. The molecule has 1 N–H and O–H groups in total. The summed E-state index contributed by atoms with van der Waals surface area (Å²) in [5.41, 5.74) is 2.05. The number of amides is 1. The average molecular weight is 274 g/mol. The lowest BCUT2D eigenvalue weighted by Gasteiger charge is -2.36. The van der Waals surface area contributed by atoms with E-state index in [9.17, 15) is 4.79 Å². The summed E-state index contributed by atoms with van der Waals surface area (Å²) in [6.45, 7) is 4.88. The monoisotopic (exact) mass is 274 g/mol. The highest BCUT2D eigenvalue weighted by atomic mass is 16.5. The molecule has 1 amide bonds. The number of fused-ring (bicyclic) bond motifs is 1. The van der Waals surface area contributed by atoms with Crippen LogP contribution in [0.3, 0.4) is 0 Å². The van der Waals surface area contributed by atoms with E-state index in [2.05, 4.69) is 30.2 Å². The normalized spacial score (nSPS) is 27.9. The fraction of sp³-hybridized carbons (Fsp3) is 0.625. The predicted octanol–water partition coefficient (Wildman–Crippen LogP) is 2.19. The SMILES string of the molecule is CC1(C)C[C@H](NC(=O)[C@H]2CCc3cccnc32)CCO1. The van der Waals surface area contributed by atoms with E-state index >= 15 is 0 Å². The third-order valence-corrected chi connectivity index (χ3v) is 4.32. The molecule has 1 saturated heterocycles. The third-order valence-electron chi connectivity index (χ3n) is 4.32. The number of aromatic nitrogens is 1. The van der Waals surface area contributed by atoms with Crippen molar-refractivity contribution < 1.29 is 9.53 Å². The van der Waals surface area contributed by atoms with Crippen LogP contribution in [-0.4, -0.2) is 29.1 Å². The number of aryl methyl sites for hydroxylation is 1. The Balaban J connectivity index is 1.66. The fourth-order valence-electron chi connectivity index (χ4n) is 3.32. The molecule has 108 valence electrons. The summed E-state index contributed by atoms with van der Waals surface area (Å²) < 4.78 is 5.70. The number of rotatable bonds is 2. The molecule has 4 heteroatoms. The first-order chi connectivity index (χ1) is 9.55. The van der Waals surface area contributed by atoms with Gasteiger partial charge in [0.1, 0.15) is 0 Å². The first-order valence-corrected chi connectivity index (χ1v) is 7.43. The molecule has 0 unspecified atom stereocenters. The van der Waals surface area contributed by atoms with Crippen LogP contribution in [0.1, 0.15) is 50.3 Å². The van der Waals surface area contributed by atoms with Crippen molar-refractivity contribution in [2.24, 2.45) is 0 Å². The summed E-state index contributed by atoms with van der Waals surface area (Å²) in [4.78, 5) is 16.9. The van der Waals surface area contributed by atoms with Crippen molar-refractivity contribution in [2.75, 3.05) is 6.61 Å². The molecule has 0 aromatic carbocycles. The molecular weight excluding hydrogens is 252 g/mol. The zero-order valence-electron chi connectivity index (χ0n) is 12.2. The van der Waals surface area contributed by atoms with Gasteiger partial charge in [0.2, 0.25) is 5.91 Å². The predicted molar refractivity (Wildman–Crippen MR) is 76.5 cm³/mol. The molecule has 2 aliphatic rings. The van der Waals surface area contributed by atoms with Gasteiger partial charge in [-0.1, -0.05) is 6.07 Å². The van der Waals surface area contributed by atoms with Crippen LogP contribution >= 0.6 is 0 Å². The highest BCUT2D eigenvalue weighted by Crippen LogP contribution is 2.32. The average Bonchev–Trinajstić information content (AvgIpc) is 2.81. The van der Waals surface area contributed by atoms with Crippen LogP contribution in [0, 0.1) is 0 Å². The second kappa shape index (κ2) is 5.17. The number of nitrogens with one attached hydrogen (secondary N) is 1. The van der Waals surface area contributed by atoms with Crippen molar-refractivity contribution in [1.82, 2.24) is 10.3 Å². The van der Waals surface area contributed by atoms with Crippen LogP contribution in [0.15, 0.2) is 18.3 Å². The van der Waals surface area contributed by atoms with E-state index in [0.29, 0.717) is 0 Å². The molecule has 3 rings (SSSR count). The van der Waals surface area contributed by atoms with Crippen LogP contribution in [-0.2, 0) is 16.0 Å². The molecular formula is C16H22N2O2. The van der Waals surface area contributed by atoms with Crippen molar-refractivity contribution >= 4 is 5.91 Å². The number of hydrogen-bond acceptors (Lipinski definition) is 3. The van der Waals surface area contributed by atoms with Gasteiger partial charge in [-0.05, 0) is 51.2 Å². The molecule has 1 fully saturated rings. The summed E-state index contributed by atoms with van der Waals surface area (Å²) in [5.74, 6) is 0.0577. The van der Waals surface area contributed by atoms with Gasteiger partial charge in [-0.25, -0.2) is 0 Å². The quantitative estimate of drug-likeness (QED) is 0.899. The Labute approximate surface area is 119 Å². The fourth-order valence-corrected chi connectivity index (χ4v) is 3.32. The molecule has 20 heavy (non-hydrogen) atoms. The van der Waals surface area contributed by atoms with Gasteiger partial charge >= 0.3 is 0 Å². The number of nitrogens with zero attached hydrogens (tertiary/aromatic N) is 1. The Morgan fingerprint density at radius 1 is 1.45 bits per heavy atom. The van der Waals surface area contributed by atoms with Crippen LogP contribution in [0.25, 0.3) is 0 Å². The minimum atomic E-state index is -0.137. The van der Waals surface area contributed by atoms with Gasteiger partial charge in [0.25, 0.3) is 0 Å². The second-order valence-corrected chi connectivity index (χ2v) is 6.45. The van der Waals surface area contributed by atoms with Gasteiger partial charge in [-0.2, -0.15) is 0 Å². The maximum Gasteiger partial charge on any atom is 0.229 e. The van der Waals surface area contributed by atoms with E-state index in [-0.39, 0.29) is 23.5 Å². The number of ether oxygens (including phenoxy) is 1. The summed E-state index contributed by atoms with van der Waals surface area (Å²) in [6, 6.07) is 4.24. The molecule has 0 radical (unpaired) electrons. The molecule has 4 nitrogen and oxygen atoms in total. The molecule has 0 bridgehead atoms.